The number of hydrogen-bond acceptors (Lipinski definition) is 2. The molecule has 0 bridgehead atoms. The Morgan fingerprint density at radius 3 is 2.85 bits per heavy atom. The lowest BCUT2D eigenvalue weighted by atomic mass is 10.1. The standard InChI is InChI=1S/C11H12N2/c1-9-4-3-5-10(8-9)11(13-2)6-7-12/h3-5,8H,6H2,1-2H3. The first kappa shape index (κ1) is 9.47. The van der Waals surface area contributed by atoms with E-state index in [0.717, 1.165) is 11.3 Å². The zero-order valence-electron chi connectivity index (χ0n) is 7.91. The Bertz CT molecular complexity index is 359. The van der Waals surface area contributed by atoms with Crippen molar-refractivity contribution < 1.29 is 0 Å². The highest BCUT2D eigenvalue weighted by Crippen LogP contribution is 2.07. The van der Waals surface area contributed by atoms with Gasteiger partial charge in [-0.15, -0.1) is 0 Å². The Hall–Kier alpha value is -1.62. The monoisotopic (exact) mass is 172 g/mol. The van der Waals surface area contributed by atoms with Gasteiger partial charge in [-0.1, -0.05) is 29.8 Å². The average Bonchev–Trinajstić information content (AvgIpc) is 2.14. The lowest BCUT2D eigenvalue weighted by Crippen LogP contribution is -1.99. The molecule has 2 nitrogen and oxygen atoms in total. The Morgan fingerprint density at radius 1 is 1.54 bits per heavy atom. The minimum Gasteiger partial charge on any atom is -0.291 e. The lowest BCUT2D eigenvalue weighted by Gasteiger charge is -2.01. The molecule has 0 aliphatic rings. The van der Waals surface area contributed by atoms with E-state index in [0.29, 0.717) is 6.42 Å². The van der Waals surface area contributed by atoms with Gasteiger partial charge in [0, 0.05) is 7.05 Å². The van der Waals surface area contributed by atoms with Crippen LogP contribution in [0.3, 0.4) is 0 Å². The third-order valence-electron chi connectivity index (χ3n) is 1.87. The maximum absolute atomic E-state index is 8.57. The van der Waals surface area contributed by atoms with Crippen LogP contribution in [-0.2, 0) is 0 Å². The summed E-state index contributed by atoms with van der Waals surface area (Å²) in [5, 5.41) is 8.57. The fourth-order valence-corrected chi connectivity index (χ4v) is 1.21. The van der Waals surface area contributed by atoms with Gasteiger partial charge >= 0.3 is 0 Å². The van der Waals surface area contributed by atoms with Gasteiger partial charge in [-0.25, -0.2) is 0 Å². The molecule has 2 heteroatoms. The van der Waals surface area contributed by atoms with Crippen LogP contribution in [0.4, 0.5) is 0 Å². The van der Waals surface area contributed by atoms with E-state index in [9.17, 15) is 0 Å². The summed E-state index contributed by atoms with van der Waals surface area (Å²) in [7, 11) is 1.72. The van der Waals surface area contributed by atoms with Gasteiger partial charge in [-0.3, -0.25) is 4.99 Å². The van der Waals surface area contributed by atoms with Crippen molar-refractivity contribution in [3.05, 3.63) is 35.4 Å². The van der Waals surface area contributed by atoms with Crippen LogP contribution in [0.25, 0.3) is 0 Å². The second-order valence-electron chi connectivity index (χ2n) is 2.87. The molecule has 66 valence electrons. The van der Waals surface area contributed by atoms with Crippen LogP contribution in [-0.4, -0.2) is 12.8 Å². The van der Waals surface area contributed by atoms with Crippen LogP contribution in [0, 0.1) is 18.3 Å². The number of rotatable bonds is 2. The number of hydrogen-bond donors (Lipinski definition) is 0. The van der Waals surface area contributed by atoms with Crippen LogP contribution in [0.2, 0.25) is 0 Å². The highest BCUT2D eigenvalue weighted by atomic mass is 14.7. The molecule has 0 aliphatic carbocycles. The van der Waals surface area contributed by atoms with Gasteiger partial charge in [0.1, 0.15) is 0 Å². The predicted octanol–water partition coefficient (Wildman–Crippen LogP) is 2.33. The highest BCUT2D eigenvalue weighted by molar-refractivity contribution is 6.01. The minimum atomic E-state index is 0.375. The van der Waals surface area contributed by atoms with E-state index >= 15 is 0 Å². The third kappa shape index (κ3) is 2.41. The van der Waals surface area contributed by atoms with Gasteiger partial charge in [-0.2, -0.15) is 5.26 Å². The maximum atomic E-state index is 8.57. The molecule has 0 atom stereocenters. The summed E-state index contributed by atoms with van der Waals surface area (Å²) < 4.78 is 0. The van der Waals surface area contributed by atoms with E-state index in [4.69, 9.17) is 5.26 Å². The normalized spacial score (nSPS) is 11.0. The summed E-state index contributed by atoms with van der Waals surface area (Å²) >= 11 is 0. The van der Waals surface area contributed by atoms with Crippen molar-refractivity contribution in [1.82, 2.24) is 0 Å². The van der Waals surface area contributed by atoms with Crippen LogP contribution in [0.1, 0.15) is 17.5 Å². The predicted molar refractivity (Wildman–Crippen MR) is 53.9 cm³/mol. The number of aryl methyl sites for hydroxylation is 1. The lowest BCUT2D eigenvalue weighted by molar-refractivity contribution is 1.32. The van der Waals surface area contributed by atoms with Crippen molar-refractivity contribution >= 4 is 5.71 Å². The van der Waals surface area contributed by atoms with E-state index in [1.54, 1.807) is 7.05 Å². The van der Waals surface area contributed by atoms with E-state index in [1.807, 2.05) is 31.2 Å². The van der Waals surface area contributed by atoms with Crippen LogP contribution in [0.5, 0.6) is 0 Å². The van der Waals surface area contributed by atoms with Gasteiger partial charge in [0.25, 0.3) is 0 Å². The first-order valence-electron chi connectivity index (χ1n) is 4.17. The summed E-state index contributed by atoms with van der Waals surface area (Å²) in [4.78, 5) is 4.08. The van der Waals surface area contributed by atoms with E-state index in [1.165, 1.54) is 5.56 Å². The topological polar surface area (TPSA) is 36.1 Å². The minimum absolute atomic E-state index is 0.375. The Morgan fingerprint density at radius 2 is 2.31 bits per heavy atom. The molecule has 0 fully saturated rings. The van der Waals surface area contributed by atoms with Gasteiger partial charge in [0.2, 0.25) is 0 Å². The molecule has 1 aromatic carbocycles. The molecular weight excluding hydrogens is 160 g/mol. The van der Waals surface area contributed by atoms with E-state index < -0.39 is 0 Å². The number of nitriles is 1. The Labute approximate surface area is 78.5 Å². The largest absolute Gasteiger partial charge is 0.291 e. The second-order valence-corrected chi connectivity index (χ2v) is 2.87. The molecule has 0 saturated carbocycles. The first-order valence-corrected chi connectivity index (χ1v) is 4.17. The molecule has 1 rings (SSSR count). The van der Waals surface area contributed by atoms with Crippen LogP contribution < -0.4 is 0 Å². The smallest absolute Gasteiger partial charge is 0.0776 e. The third-order valence-corrected chi connectivity index (χ3v) is 1.87. The fourth-order valence-electron chi connectivity index (χ4n) is 1.21. The summed E-state index contributed by atoms with van der Waals surface area (Å²) in [6.45, 7) is 2.03. The second kappa shape index (κ2) is 4.42. The Balaban J connectivity index is 3.00. The fraction of sp³-hybridized carbons (Fsp3) is 0.273. The van der Waals surface area contributed by atoms with E-state index in [2.05, 4.69) is 11.1 Å². The van der Waals surface area contributed by atoms with Crippen LogP contribution >= 0.6 is 0 Å². The number of benzene rings is 1. The quantitative estimate of drug-likeness (QED) is 0.630. The van der Waals surface area contributed by atoms with Crippen molar-refractivity contribution in [1.29, 1.82) is 5.26 Å². The molecule has 0 heterocycles. The Kier molecular flexibility index (Phi) is 3.22. The van der Waals surface area contributed by atoms with Crippen LogP contribution in [0.15, 0.2) is 29.3 Å². The SMILES string of the molecule is CN=C(CC#N)c1cccc(C)c1. The summed E-state index contributed by atoms with van der Waals surface area (Å²) in [6.07, 6.45) is 0.375. The number of nitrogens with zero attached hydrogens (tertiary/aromatic N) is 2. The van der Waals surface area contributed by atoms with Gasteiger partial charge in [0.15, 0.2) is 0 Å². The molecule has 0 radical (unpaired) electrons. The maximum Gasteiger partial charge on any atom is 0.0776 e. The first-order chi connectivity index (χ1) is 6.27. The molecule has 0 aliphatic heterocycles. The average molecular weight is 172 g/mol. The molecule has 0 aromatic heterocycles. The van der Waals surface area contributed by atoms with Crippen molar-refractivity contribution in [3.8, 4) is 6.07 Å². The summed E-state index contributed by atoms with van der Waals surface area (Å²) in [5.41, 5.74) is 3.09. The highest BCUT2D eigenvalue weighted by Gasteiger charge is 2.00. The molecule has 0 amide bonds. The molecule has 0 N–H and O–H groups in total. The van der Waals surface area contributed by atoms with Crippen molar-refractivity contribution in [2.45, 2.75) is 13.3 Å². The number of aliphatic imine (C=N–C) groups is 1. The molecule has 0 spiro atoms. The summed E-state index contributed by atoms with van der Waals surface area (Å²) in [5.74, 6) is 0. The zero-order valence-corrected chi connectivity index (χ0v) is 7.91. The van der Waals surface area contributed by atoms with E-state index in [-0.39, 0.29) is 0 Å². The van der Waals surface area contributed by atoms with Gasteiger partial charge in [-0.05, 0) is 12.5 Å². The zero-order chi connectivity index (χ0) is 9.68. The van der Waals surface area contributed by atoms with Crippen molar-refractivity contribution in [2.75, 3.05) is 7.05 Å². The molecule has 1 aromatic rings. The van der Waals surface area contributed by atoms with Crippen molar-refractivity contribution in [3.63, 3.8) is 0 Å². The van der Waals surface area contributed by atoms with Gasteiger partial charge < -0.3 is 0 Å². The van der Waals surface area contributed by atoms with Gasteiger partial charge in [0.05, 0.1) is 18.2 Å². The molecule has 13 heavy (non-hydrogen) atoms. The van der Waals surface area contributed by atoms with Crippen molar-refractivity contribution in [2.24, 2.45) is 4.99 Å². The molecular formula is C11H12N2. The summed E-state index contributed by atoms with van der Waals surface area (Å²) in [6, 6.07) is 10.1. The molecule has 0 saturated heterocycles. The molecule has 0 unspecified atom stereocenters.